The van der Waals surface area contributed by atoms with Gasteiger partial charge >= 0.3 is 0 Å². The minimum Gasteiger partial charge on any atom is -0.428 e. The molecule has 0 saturated carbocycles. The molecule has 0 heterocycles. The molecule has 0 aliphatic rings. The summed E-state index contributed by atoms with van der Waals surface area (Å²) in [5.74, 6) is 0. The summed E-state index contributed by atoms with van der Waals surface area (Å²) in [6.45, 7) is 2.87. The van der Waals surface area contributed by atoms with Crippen LogP contribution >= 0.6 is 0 Å². The van der Waals surface area contributed by atoms with Crippen molar-refractivity contribution in [2.75, 3.05) is 6.61 Å². The van der Waals surface area contributed by atoms with Crippen LogP contribution in [0.5, 0.6) is 0 Å². The van der Waals surface area contributed by atoms with Crippen LogP contribution in [0, 0.1) is 0 Å². The van der Waals surface area contributed by atoms with Gasteiger partial charge in [0.05, 0.1) is 0 Å². The number of rotatable bonds is 1. The zero-order valence-corrected chi connectivity index (χ0v) is 6.99. The third-order valence-corrected chi connectivity index (χ3v) is 0.866. The van der Waals surface area contributed by atoms with Crippen molar-refractivity contribution in [1.29, 1.82) is 0 Å². The molecule has 0 aromatic carbocycles. The van der Waals surface area contributed by atoms with E-state index in [1.165, 1.54) is 0 Å². The van der Waals surface area contributed by atoms with Crippen molar-refractivity contribution in [3.8, 4) is 0 Å². The maximum Gasteiger partial charge on any atom is 0.145 e. The van der Waals surface area contributed by atoms with E-state index < -0.39 is 0 Å². The van der Waals surface area contributed by atoms with Gasteiger partial charge in [-0.1, -0.05) is 0 Å². The van der Waals surface area contributed by atoms with E-state index in [0.717, 1.165) is 17.1 Å². The summed E-state index contributed by atoms with van der Waals surface area (Å²) in [7, 11) is 0.890. The fourth-order valence-electron chi connectivity index (χ4n) is 0. The fraction of sp³-hybridized carbons (Fsp3) is 1.00. The molecule has 0 unspecified atom stereocenters. The van der Waals surface area contributed by atoms with E-state index in [-0.39, 0.29) is 20.4 Å². The Balaban J connectivity index is 0. The van der Waals surface area contributed by atoms with Gasteiger partial charge < -0.3 is 4.43 Å². The van der Waals surface area contributed by atoms with Crippen molar-refractivity contribution in [2.24, 2.45) is 0 Å². The molecular formula is C2H8OPdSi. The first kappa shape index (κ1) is 9.28. The van der Waals surface area contributed by atoms with Crippen molar-refractivity contribution in [1.82, 2.24) is 0 Å². The topological polar surface area (TPSA) is 9.23 Å². The van der Waals surface area contributed by atoms with Gasteiger partial charge in [0.1, 0.15) is 10.5 Å². The van der Waals surface area contributed by atoms with Gasteiger partial charge in [-0.15, -0.1) is 0 Å². The van der Waals surface area contributed by atoms with E-state index in [2.05, 4.69) is 4.43 Å². The summed E-state index contributed by atoms with van der Waals surface area (Å²) >= 11 is 0. The number of hydrogen-bond donors (Lipinski definition) is 0. The first-order chi connectivity index (χ1) is 1.91. The average molecular weight is 183 g/mol. The first-order valence-electron chi connectivity index (χ1n) is 1.40. The molecule has 36 valence electrons. The maximum atomic E-state index is 4.68. The molecule has 0 aliphatic heterocycles. The molecule has 0 rings (SSSR count). The van der Waals surface area contributed by atoms with Gasteiger partial charge in [-0.25, -0.2) is 0 Å². The van der Waals surface area contributed by atoms with Gasteiger partial charge in [0, 0.05) is 27.0 Å². The molecule has 0 N–H and O–H groups in total. The molecule has 0 bridgehead atoms. The van der Waals surface area contributed by atoms with Crippen LogP contribution in [0.1, 0.15) is 6.92 Å². The molecule has 0 spiro atoms. The van der Waals surface area contributed by atoms with Crippen molar-refractivity contribution in [3.05, 3.63) is 0 Å². The quantitative estimate of drug-likeness (QED) is 0.488. The first-order valence-corrected chi connectivity index (χ1v) is 2.22. The van der Waals surface area contributed by atoms with Crippen LogP contribution in [-0.4, -0.2) is 17.1 Å². The summed E-state index contributed by atoms with van der Waals surface area (Å²) in [6, 6.07) is 0. The van der Waals surface area contributed by atoms with Crippen LogP contribution in [0.2, 0.25) is 0 Å². The molecule has 0 atom stereocenters. The van der Waals surface area contributed by atoms with E-state index in [9.17, 15) is 0 Å². The van der Waals surface area contributed by atoms with Crippen LogP contribution < -0.4 is 0 Å². The number of hydrogen-bond acceptors (Lipinski definition) is 1. The largest absolute Gasteiger partial charge is 0.428 e. The van der Waals surface area contributed by atoms with Gasteiger partial charge in [-0.3, -0.25) is 0 Å². The summed E-state index contributed by atoms with van der Waals surface area (Å²) in [5.41, 5.74) is 0. The van der Waals surface area contributed by atoms with Gasteiger partial charge in [0.15, 0.2) is 0 Å². The van der Waals surface area contributed by atoms with Crippen LogP contribution in [0.3, 0.4) is 0 Å². The van der Waals surface area contributed by atoms with E-state index in [0.29, 0.717) is 0 Å². The Hall–Kier alpha value is 0.839. The smallest absolute Gasteiger partial charge is 0.145 e. The third-order valence-electron chi connectivity index (χ3n) is 0.289. The monoisotopic (exact) mass is 182 g/mol. The minimum absolute atomic E-state index is 0. The normalized spacial score (nSPS) is 6.60. The Bertz CT molecular complexity index is 11.6. The van der Waals surface area contributed by atoms with Crippen molar-refractivity contribution in [3.63, 3.8) is 0 Å². The molecule has 0 aromatic heterocycles. The molecule has 3 heteroatoms. The van der Waals surface area contributed by atoms with Crippen molar-refractivity contribution < 1.29 is 24.8 Å². The summed E-state index contributed by atoms with van der Waals surface area (Å²) in [5, 5.41) is 0. The Morgan fingerprint density at radius 1 is 1.80 bits per heavy atom. The molecule has 0 fully saturated rings. The van der Waals surface area contributed by atoms with Crippen molar-refractivity contribution in [2.45, 2.75) is 6.92 Å². The van der Waals surface area contributed by atoms with E-state index in [4.69, 9.17) is 0 Å². The second-order valence-corrected chi connectivity index (χ2v) is 1.15. The Labute approximate surface area is 49.3 Å². The second kappa shape index (κ2) is 8.85. The molecule has 0 saturated heterocycles. The van der Waals surface area contributed by atoms with Gasteiger partial charge in [-0.05, 0) is 6.92 Å². The Morgan fingerprint density at radius 3 is 2.00 bits per heavy atom. The molecule has 0 aromatic rings. The average Bonchev–Trinajstić information content (AvgIpc) is 1.37. The summed E-state index contributed by atoms with van der Waals surface area (Å²) < 4.78 is 4.68. The minimum atomic E-state index is 0. The standard InChI is InChI=1S/C2H8OSi.Pd/c1-2-3-4;/h2H2,1,4H3;. The van der Waals surface area contributed by atoms with Crippen LogP contribution in [0.25, 0.3) is 0 Å². The van der Waals surface area contributed by atoms with E-state index >= 15 is 0 Å². The predicted octanol–water partition coefficient (Wildman–Crippen LogP) is -0.699. The second-order valence-electron chi connectivity index (χ2n) is 0.577. The zero-order chi connectivity index (χ0) is 3.41. The molecule has 0 amide bonds. The molecule has 0 radical (unpaired) electrons. The van der Waals surface area contributed by atoms with E-state index in [1.807, 2.05) is 6.92 Å². The molecule has 1 nitrogen and oxygen atoms in total. The van der Waals surface area contributed by atoms with Crippen LogP contribution in [0.15, 0.2) is 0 Å². The third kappa shape index (κ3) is 11.5. The summed E-state index contributed by atoms with van der Waals surface area (Å²) in [6.07, 6.45) is 0. The Kier molecular flexibility index (Phi) is 16.4. The Morgan fingerprint density at radius 2 is 2.00 bits per heavy atom. The fourth-order valence-corrected chi connectivity index (χ4v) is 0. The van der Waals surface area contributed by atoms with Crippen molar-refractivity contribution >= 4 is 10.5 Å². The molecule has 5 heavy (non-hydrogen) atoms. The SMILES string of the molecule is CCO[SiH3].[Pd]. The van der Waals surface area contributed by atoms with Gasteiger partial charge in [-0.2, -0.15) is 0 Å². The maximum absolute atomic E-state index is 4.68. The predicted molar refractivity (Wildman–Crippen MR) is 21.6 cm³/mol. The van der Waals surface area contributed by atoms with Gasteiger partial charge in [0.25, 0.3) is 0 Å². The van der Waals surface area contributed by atoms with Gasteiger partial charge in [0.2, 0.25) is 0 Å². The zero-order valence-electron chi connectivity index (χ0n) is 3.43. The molecular weight excluding hydrogens is 175 g/mol. The summed E-state index contributed by atoms with van der Waals surface area (Å²) in [4.78, 5) is 0. The molecule has 0 aliphatic carbocycles. The van der Waals surface area contributed by atoms with Crippen LogP contribution in [0.4, 0.5) is 0 Å². The van der Waals surface area contributed by atoms with E-state index in [1.54, 1.807) is 0 Å². The van der Waals surface area contributed by atoms with Crippen LogP contribution in [-0.2, 0) is 24.8 Å².